The fourth-order valence-electron chi connectivity index (χ4n) is 3.01. The van der Waals surface area contributed by atoms with Crippen LogP contribution in [0.1, 0.15) is 49.4 Å². The van der Waals surface area contributed by atoms with Gasteiger partial charge in [-0.15, -0.1) is 0 Å². The lowest BCUT2D eigenvalue weighted by molar-refractivity contribution is -0.139. The molecule has 0 atom stereocenters. The molecule has 1 aromatic carbocycles. The zero-order valence-electron chi connectivity index (χ0n) is 14.3. The molecule has 1 saturated carbocycles. The Hall–Kier alpha value is -2.24. The van der Waals surface area contributed by atoms with Crippen LogP contribution in [-0.2, 0) is 4.79 Å². The first-order chi connectivity index (χ1) is 11.5. The second kappa shape index (κ2) is 8.57. The lowest BCUT2D eigenvalue weighted by atomic mass is 9.94. The van der Waals surface area contributed by atoms with Gasteiger partial charge < -0.3 is 19.5 Å². The Morgan fingerprint density at radius 2 is 1.88 bits per heavy atom. The number of carbonyl (C=O) groups excluding carboxylic acids is 1. The number of ether oxygens (including phenoxy) is 2. The highest BCUT2D eigenvalue weighted by atomic mass is 16.5. The standard InChI is InChI=1S/C18H25NO5/c1-3-23-16-11-13(9-10-15(16)24-12-17(20)21)18(22)19(2)14-7-5-4-6-8-14/h9-11,14H,3-8,12H2,1-2H3,(H,20,21). The fraction of sp³-hybridized carbons (Fsp3) is 0.556. The number of carboxylic acid groups (broad SMARTS) is 1. The molecule has 0 spiro atoms. The normalized spacial score (nSPS) is 14.9. The van der Waals surface area contributed by atoms with Gasteiger partial charge in [-0.2, -0.15) is 0 Å². The van der Waals surface area contributed by atoms with Gasteiger partial charge in [-0.05, 0) is 38.0 Å². The number of aliphatic carboxylic acids is 1. The molecule has 1 fully saturated rings. The van der Waals surface area contributed by atoms with Gasteiger partial charge in [0.2, 0.25) is 0 Å². The summed E-state index contributed by atoms with van der Waals surface area (Å²) in [5, 5.41) is 8.73. The van der Waals surface area contributed by atoms with Crippen LogP contribution in [0.2, 0.25) is 0 Å². The maximum atomic E-state index is 12.7. The second-order valence-electron chi connectivity index (χ2n) is 5.98. The van der Waals surface area contributed by atoms with Crippen LogP contribution in [0, 0.1) is 0 Å². The van der Waals surface area contributed by atoms with Crippen molar-refractivity contribution in [2.45, 2.75) is 45.1 Å². The first kappa shape index (κ1) is 18.1. The molecule has 0 unspecified atom stereocenters. The molecule has 1 aliphatic carbocycles. The number of hydrogen-bond donors (Lipinski definition) is 1. The first-order valence-corrected chi connectivity index (χ1v) is 8.41. The van der Waals surface area contributed by atoms with E-state index < -0.39 is 12.6 Å². The average Bonchev–Trinajstić information content (AvgIpc) is 2.60. The smallest absolute Gasteiger partial charge is 0.341 e. The van der Waals surface area contributed by atoms with Gasteiger partial charge in [-0.25, -0.2) is 4.79 Å². The summed E-state index contributed by atoms with van der Waals surface area (Å²) in [7, 11) is 1.84. The molecule has 1 N–H and O–H groups in total. The molecule has 1 aliphatic rings. The zero-order chi connectivity index (χ0) is 17.5. The molecule has 1 aromatic rings. The quantitative estimate of drug-likeness (QED) is 0.829. The maximum Gasteiger partial charge on any atom is 0.341 e. The van der Waals surface area contributed by atoms with E-state index in [0.29, 0.717) is 23.7 Å². The Kier molecular flexibility index (Phi) is 6.46. The highest BCUT2D eigenvalue weighted by Crippen LogP contribution is 2.30. The third-order valence-corrected chi connectivity index (χ3v) is 4.28. The monoisotopic (exact) mass is 335 g/mol. The van der Waals surface area contributed by atoms with E-state index in [1.165, 1.54) is 6.42 Å². The topological polar surface area (TPSA) is 76.1 Å². The molecule has 1 amide bonds. The average molecular weight is 335 g/mol. The highest BCUT2D eigenvalue weighted by molar-refractivity contribution is 5.95. The molecule has 6 heteroatoms. The molecule has 0 aliphatic heterocycles. The van der Waals surface area contributed by atoms with E-state index >= 15 is 0 Å². The predicted molar refractivity (Wildman–Crippen MR) is 89.7 cm³/mol. The van der Waals surface area contributed by atoms with Crippen molar-refractivity contribution in [3.8, 4) is 11.5 Å². The molecule has 0 aromatic heterocycles. The third kappa shape index (κ3) is 4.63. The molecule has 0 saturated heterocycles. The van der Waals surface area contributed by atoms with Gasteiger partial charge >= 0.3 is 5.97 Å². The number of carboxylic acids is 1. The largest absolute Gasteiger partial charge is 0.490 e. The van der Waals surface area contributed by atoms with Gasteiger partial charge in [-0.3, -0.25) is 4.79 Å². The number of hydrogen-bond acceptors (Lipinski definition) is 4. The molecular formula is C18H25NO5. The number of rotatable bonds is 7. The molecular weight excluding hydrogens is 310 g/mol. The van der Waals surface area contributed by atoms with Crippen molar-refractivity contribution in [3.63, 3.8) is 0 Å². The van der Waals surface area contributed by atoms with Gasteiger partial charge in [0.05, 0.1) is 6.61 Å². The minimum atomic E-state index is -1.06. The van der Waals surface area contributed by atoms with Crippen molar-refractivity contribution >= 4 is 11.9 Å². The molecule has 0 heterocycles. The summed E-state index contributed by atoms with van der Waals surface area (Å²) in [4.78, 5) is 25.2. The van der Waals surface area contributed by atoms with Crippen LogP contribution < -0.4 is 9.47 Å². The lowest BCUT2D eigenvalue weighted by Crippen LogP contribution is -2.38. The summed E-state index contributed by atoms with van der Waals surface area (Å²) in [6.45, 7) is 1.78. The SMILES string of the molecule is CCOc1cc(C(=O)N(C)C2CCCCC2)ccc1OCC(=O)O. The van der Waals surface area contributed by atoms with Crippen molar-refractivity contribution in [1.82, 2.24) is 4.90 Å². The van der Waals surface area contributed by atoms with Crippen LogP contribution in [0.15, 0.2) is 18.2 Å². The van der Waals surface area contributed by atoms with Crippen LogP contribution in [0.5, 0.6) is 11.5 Å². The van der Waals surface area contributed by atoms with Gasteiger partial charge in [0.25, 0.3) is 5.91 Å². The molecule has 24 heavy (non-hydrogen) atoms. The minimum Gasteiger partial charge on any atom is -0.490 e. The summed E-state index contributed by atoms with van der Waals surface area (Å²) in [5.41, 5.74) is 0.522. The van der Waals surface area contributed by atoms with E-state index in [-0.39, 0.29) is 11.9 Å². The summed E-state index contributed by atoms with van der Waals surface area (Å²) < 4.78 is 10.7. The Bertz CT molecular complexity index is 581. The highest BCUT2D eigenvalue weighted by Gasteiger charge is 2.23. The number of nitrogens with zero attached hydrogens (tertiary/aromatic N) is 1. The third-order valence-electron chi connectivity index (χ3n) is 4.28. The number of carbonyl (C=O) groups is 2. The van der Waals surface area contributed by atoms with Crippen molar-refractivity contribution in [1.29, 1.82) is 0 Å². The Labute approximate surface area is 142 Å². The lowest BCUT2D eigenvalue weighted by Gasteiger charge is -2.31. The van der Waals surface area contributed by atoms with E-state index in [4.69, 9.17) is 14.6 Å². The minimum absolute atomic E-state index is 0.0485. The van der Waals surface area contributed by atoms with Crippen molar-refractivity contribution in [2.24, 2.45) is 0 Å². The fourth-order valence-corrected chi connectivity index (χ4v) is 3.01. The van der Waals surface area contributed by atoms with E-state index in [2.05, 4.69) is 0 Å². The van der Waals surface area contributed by atoms with Crippen LogP contribution >= 0.6 is 0 Å². The Morgan fingerprint density at radius 1 is 1.17 bits per heavy atom. The van der Waals surface area contributed by atoms with Crippen molar-refractivity contribution < 1.29 is 24.2 Å². The second-order valence-corrected chi connectivity index (χ2v) is 5.98. The van der Waals surface area contributed by atoms with E-state index in [0.717, 1.165) is 25.7 Å². The molecule has 132 valence electrons. The number of benzene rings is 1. The van der Waals surface area contributed by atoms with E-state index in [9.17, 15) is 9.59 Å². The van der Waals surface area contributed by atoms with Crippen LogP contribution in [0.4, 0.5) is 0 Å². The summed E-state index contributed by atoms with van der Waals surface area (Å²) in [6, 6.07) is 5.16. The van der Waals surface area contributed by atoms with Gasteiger partial charge in [0, 0.05) is 18.7 Å². The predicted octanol–water partition coefficient (Wildman–Crippen LogP) is 2.95. The molecule has 6 nitrogen and oxygen atoms in total. The van der Waals surface area contributed by atoms with E-state index in [1.807, 2.05) is 18.9 Å². The molecule has 0 radical (unpaired) electrons. The number of amides is 1. The first-order valence-electron chi connectivity index (χ1n) is 8.41. The Balaban J connectivity index is 2.15. The molecule has 2 rings (SSSR count). The summed E-state index contributed by atoms with van der Waals surface area (Å²) in [5.74, 6) is -0.389. The van der Waals surface area contributed by atoms with Gasteiger partial charge in [0.15, 0.2) is 18.1 Å². The summed E-state index contributed by atoms with van der Waals surface area (Å²) in [6.07, 6.45) is 5.65. The Morgan fingerprint density at radius 3 is 2.50 bits per heavy atom. The maximum absolute atomic E-state index is 12.7. The summed E-state index contributed by atoms with van der Waals surface area (Å²) >= 11 is 0. The zero-order valence-corrected chi connectivity index (χ0v) is 14.3. The van der Waals surface area contributed by atoms with Gasteiger partial charge in [0.1, 0.15) is 0 Å². The van der Waals surface area contributed by atoms with Crippen LogP contribution in [-0.4, -0.2) is 48.2 Å². The van der Waals surface area contributed by atoms with Gasteiger partial charge in [-0.1, -0.05) is 19.3 Å². The van der Waals surface area contributed by atoms with Crippen molar-refractivity contribution in [2.75, 3.05) is 20.3 Å². The molecule has 0 bridgehead atoms. The van der Waals surface area contributed by atoms with Crippen LogP contribution in [0.25, 0.3) is 0 Å². The van der Waals surface area contributed by atoms with Crippen LogP contribution in [0.3, 0.4) is 0 Å². The van der Waals surface area contributed by atoms with E-state index in [1.54, 1.807) is 18.2 Å². The van der Waals surface area contributed by atoms with Crippen molar-refractivity contribution in [3.05, 3.63) is 23.8 Å².